The summed E-state index contributed by atoms with van der Waals surface area (Å²) in [6.07, 6.45) is -7.88. The van der Waals surface area contributed by atoms with Crippen LogP contribution in [0.5, 0.6) is 0 Å². The Bertz CT molecular complexity index is 539. The molecule has 0 fully saturated rings. The van der Waals surface area contributed by atoms with Crippen molar-refractivity contribution in [2.45, 2.75) is 17.8 Å². The first-order chi connectivity index (χ1) is 8.40. The molecule has 0 radical (unpaired) electrons. The van der Waals surface area contributed by atoms with Gasteiger partial charge in [-0.25, -0.2) is 0 Å². The minimum atomic E-state index is -6.15. The third-order valence-corrected chi connectivity index (χ3v) is 2.84. The lowest BCUT2D eigenvalue weighted by atomic mass is 10.1. The first kappa shape index (κ1) is 15.6. The molecule has 1 aliphatic rings. The van der Waals surface area contributed by atoms with Crippen molar-refractivity contribution in [2.75, 3.05) is 6.61 Å². The predicted molar refractivity (Wildman–Crippen MR) is 44.5 cm³/mol. The van der Waals surface area contributed by atoms with E-state index in [4.69, 9.17) is 5.26 Å². The summed E-state index contributed by atoms with van der Waals surface area (Å²) in [5, 5.41) is 8.43. The molecule has 1 aliphatic heterocycles. The van der Waals surface area contributed by atoms with Crippen LogP contribution >= 0.6 is 0 Å². The van der Waals surface area contributed by atoms with Crippen LogP contribution in [-0.2, 0) is 19.0 Å². The van der Waals surface area contributed by atoms with Crippen LogP contribution < -0.4 is 0 Å². The van der Waals surface area contributed by atoms with Crippen LogP contribution in [0.25, 0.3) is 0 Å². The minimum absolute atomic E-state index is 0.923. The molecule has 0 bridgehead atoms. The summed E-state index contributed by atoms with van der Waals surface area (Å²) in [5.41, 5.74) is -7.18. The van der Waals surface area contributed by atoms with Gasteiger partial charge in [0.1, 0.15) is 18.2 Å². The summed E-state index contributed by atoms with van der Waals surface area (Å²) in [7, 11) is -6.15. The molecule has 108 valence electrons. The van der Waals surface area contributed by atoms with E-state index in [1.165, 1.54) is 0 Å². The number of halogens is 6. The third kappa shape index (κ3) is 3.10. The van der Waals surface area contributed by atoms with E-state index >= 15 is 0 Å². The highest BCUT2D eigenvalue weighted by Crippen LogP contribution is 2.36. The molecule has 19 heavy (non-hydrogen) atoms. The molecule has 0 aromatic heterocycles. The highest BCUT2D eigenvalue weighted by atomic mass is 32.2. The summed E-state index contributed by atoms with van der Waals surface area (Å²) < 4.78 is 101. The van der Waals surface area contributed by atoms with Crippen molar-refractivity contribution in [3.05, 3.63) is 11.3 Å². The largest absolute Gasteiger partial charge is 0.534 e. The van der Waals surface area contributed by atoms with Crippen molar-refractivity contribution in [3.63, 3.8) is 0 Å². The summed E-state index contributed by atoms with van der Waals surface area (Å²) in [6, 6.07) is 0.923. The van der Waals surface area contributed by atoms with Gasteiger partial charge in [0.2, 0.25) is 0 Å². The van der Waals surface area contributed by atoms with Gasteiger partial charge in [0.05, 0.1) is 0 Å². The van der Waals surface area contributed by atoms with E-state index in [1.54, 1.807) is 0 Å². The lowest BCUT2D eigenvalue weighted by Crippen LogP contribution is -2.30. The molecular formula is C7H3F6NO4S. The van der Waals surface area contributed by atoms with Crippen molar-refractivity contribution in [1.82, 2.24) is 0 Å². The molecule has 0 saturated heterocycles. The Hall–Kier alpha value is -1.48. The van der Waals surface area contributed by atoms with Crippen LogP contribution in [0.2, 0.25) is 0 Å². The summed E-state index contributed by atoms with van der Waals surface area (Å²) in [6.45, 7) is -1.21. The van der Waals surface area contributed by atoms with Crippen LogP contribution in [0.3, 0.4) is 0 Å². The Balaban J connectivity index is 3.12. The maximum absolute atomic E-state index is 12.3. The second kappa shape index (κ2) is 4.57. The molecular weight excluding hydrogens is 308 g/mol. The molecule has 1 unspecified atom stereocenters. The second-order valence-corrected chi connectivity index (χ2v) is 4.70. The number of alkyl halides is 6. The molecule has 12 heteroatoms. The Kier molecular flexibility index (Phi) is 3.74. The van der Waals surface area contributed by atoms with E-state index in [9.17, 15) is 34.8 Å². The number of nitriles is 1. The van der Waals surface area contributed by atoms with E-state index in [0.29, 0.717) is 0 Å². The smallest absolute Gasteiger partial charge is 0.377 e. The van der Waals surface area contributed by atoms with Gasteiger partial charge < -0.3 is 8.92 Å². The zero-order chi connectivity index (χ0) is 15.1. The van der Waals surface area contributed by atoms with Crippen molar-refractivity contribution < 1.29 is 43.7 Å². The maximum Gasteiger partial charge on any atom is 0.534 e. The first-order valence-corrected chi connectivity index (χ1v) is 5.63. The standard InChI is InChI=1S/C7H3F6NO4S/c8-6(9,10)5-3(1-14)4(2-17-5)18-19(15,16)7(11,12)13/h5H,2H2. The van der Waals surface area contributed by atoms with Gasteiger partial charge in [-0.2, -0.15) is 40.0 Å². The van der Waals surface area contributed by atoms with Gasteiger partial charge in [-0.3, -0.25) is 0 Å². The van der Waals surface area contributed by atoms with Gasteiger partial charge in [0, 0.05) is 0 Å². The number of hydrogen-bond acceptors (Lipinski definition) is 5. The molecule has 0 saturated carbocycles. The number of hydrogen-bond donors (Lipinski definition) is 0. The average molecular weight is 311 g/mol. The Labute approximate surface area is 102 Å². The van der Waals surface area contributed by atoms with E-state index in [2.05, 4.69) is 8.92 Å². The van der Waals surface area contributed by atoms with Gasteiger partial charge in [-0.05, 0) is 0 Å². The minimum Gasteiger partial charge on any atom is -0.377 e. The molecule has 0 aromatic rings. The second-order valence-electron chi connectivity index (χ2n) is 3.16. The van der Waals surface area contributed by atoms with Gasteiger partial charge in [0.25, 0.3) is 0 Å². The third-order valence-electron chi connectivity index (χ3n) is 1.86. The average Bonchev–Trinajstić information content (AvgIpc) is 2.57. The maximum atomic E-state index is 12.3. The first-order valence-electron chi connectivity index (χ1n) is 4.22. The number of rotatable bonds is 2. The molecule has 0 spiro atoms. The zero-order valence-electron chi connectivity index (χ0n) is 8.54. The molecule has 0 amide bonds. The topological polar surface area (TPSA) is 76.4 Å². The Morgan fingerprint density at radius 3 is 2.16 bits per heavy atom. The fourth-order valence-electron chi connectivity index (χ4n) is 1.09. The monoisotopic (exact) mass is 311 g/mol. The van der Waals surface area contributed by atoms with Crippen molar-refractivity contribution in [2.24, 2.45) is 0 Å². The van der Waals surface area contributed by atoms with Crippen LogP contribution in [-0.4, -0.2) is 32.8 Å². The fraction of sp³-hybridized carbons (Fsp3) is 0.571. The predicted octanol–water partition coefficient (Wildman–Crippen LogP) is 1.59. The molecule has 1 atom stereocenters. The Morgan fingerprint density at radius 2 is 1.79 bits per heavy atom. The lowest BCUT2D eigenvalue weighted by Gasteiger charge is -2.13. The summed E-state index contributed by atoms with van der Waals surface area (Å²) >= 11 is 0. The Morgan fingerprint density at radius 1 is 1.26 bits per heavy atom. The van der Waals surface area contributed by atoms with Gasteiger partial charge in [0.15, 0.2) is 11.9 Å². The summed E-state index contributed by atoms with van der Waals surface area (Å²) in [4.78, 5) is 0. The van der Waals surface area contributed by atoms with Crippen LogP contribution in [0.15, 0.2) is 11.3 Å². The molecule has 1 heterocycles. The molecule has 1 rings (SSSR count). The normalized spacial score (nSPS) is 21.4. The SMILES string of the molecule is N#CC1=C(OS(=O)(=O)C(F)(F)F)COC1C(F)(F)F. The summed E-state index contributed by atoms with van der Waals surface area (Å²) in [5.74, 6) is -1.33. The van der Waals surface area contributed by atoms with Crippen molar-refractivity contribution in [1.29, 1.82) is 5.26 Å². The molecule has 0 aromatic carbocycles. The van der Waals surface area contributed by atoms with Crippen LogP contribution in [0.4, 0.5) is 26.3 Å². The van der Waals surface area contributed by atoms with E-state index < -0.39 is 45.8 Å². The quantitative estimate of drug-likeness (QED) is 0.440. The number of nitrogens with zero attached hydrogens (tertiary/aromatic N) is 1. The number of ether oxygens (including phenoxy) is 1. The van der Waals surface area contributed by atoms with Crippen LogP contribution in [0, 0.1) is 11.3 Å². The van der Waals surface area contributed by atoms with Gasteiger partial charge >= 0.3 is 21.8 Å². The molecule has 0 aliphatic carbocycles. The van der Waals surface area contributed by atoms with E-state index in [1.807, 2.05) is 0 Å². The van der Waals surface area contributed by atoms with Gasteiger partial charge in [-0.1, -0.05) is 0 Å². The van der Waals surface area contributed by atoms with E-state index in [-0.39, 0.29) is 0 Å². The van der Waals surface area contributed by atoms with Gasteiger partial charge in [-0.15, -0.1) is 0 Å². The molecule has 0 N–H and O–H groups in total. The highest BCUT2D eigenvalue weighted by molar-refractivity contribution is 7.87. The van der Waals surface area contributed by atoms with Crippen LogP contribution in [0.1, 0.15) is 0 Å². The fourth-order valence-corrected chi connectivity index (χ4v) is 1.59. The molecule has 5 nitrogen and oxygen atoms in total. The van der Waals surface area contributed by atoms with Crippen molar-refractivity contribution in [3.8, 4) is 6.07 Å². The van der Waals surface area contributed by atoms with E-state index in [0.717, 1.165) is 6.07 Å². The lowest BCUT2D eigenvalue weighted by molar-refractivity contribution is -0.198. The van der Waals surface area contributed by atoms with Crippen molar-refractivity contribution >= 4 is 10.1 Å². The highest BCUT2D eigenvalue weighted by Gasteiger charge is 2.53. The zero-order valence-corrected chi connectivity index (χ0v) is 9.36.